The molecule has 1 atom stereocenters. The number of amides is 3. The molecule has 9 nitrogen and oxygen atoms in total. The molecular weight excluding hydrogens is 378 g/mol. The molecule has 9 heteroatoms. The normalized spacial score (nSPS) is 15.8. The standard InChI is InChI=1S/C20H21N3O6/c1-13(24)21-15-4-2-5-16(9-15)22-18(25)12-29-20(27)14-8-19(26)23(10-14)11-17-6-3-7-28-17/h2-7,9,14H,8,10-12H2,1H3,(H,21,24)(H,22,25)/t14-/m0/s1. The lowest BCUT2D eigenvalue weighted by Crippen LogP contribution is -2.28. The van der Waals surface area contributed by atoms with Crippen molar-refractivity contribution in [1.29, 1.82) is 0 Å². The number of nitrogens with zero attached hydrogens (tertiary/aromatic N) is 1. The van der Waals surface area contributed by atoms with Crippen molar-refractivity contribution in [3.8, 4) is 0 Å². The fourth-order valence-electron chi connectivity index (χ4n) is 3.00. The van der Waals surface area contributed by atoms with Crippen LogP contribution in [0.5, 0.6) is 0 Å². The summed E-state index contributed by atoms with van der Waals surface area (Å²) in [6.45, 7) is 1.43. The summed E-state index contributed by atoms with van der Waals surface area (Å²) in [6, 6.07) is 10.1. The average molecular weight is 399 g/mol. The zero-order valence-corrected chi connectivity index (χ0v) is 15.8. The fourth-order valence-corrected chi connectivity index (χ4v) is 3.00. The molecule has 1 aliphatic rings. The first-order valence-corrected chi connectivity index (χ1v) is 9.05. The summed E-state index contributed by atoms with van der Waals surface area (Å²) < 4.78 is 10.3. The monoisotopic (exact) mass is 399 g/mol. The Balaban J connectivity index is 1.46. The van der Waals surface area contributed by atoms with Crippen LogP contribution < -0.4 is 10.6 Å². The SMILES string of the molecule is CC(=O)Nc1cccc(NC(=O)COC(=O)[C@H]2CC(=O)N(Cc3ccco3)C2)c1. The van der Waals surface area contributed by atoms with E-state index in [0.717, 1.165) is 0 Å². The Morgan fingerprint density at radius 2 is 1.93 bits per heavy atom. The van der Waals surface area contributed by atoms with Crippen molar-refractivity contribution in [3.63, 3.8) is 0 Å². The highest BCUT2D eigenvalue weighted by Crippen LogP contribution is 2.21. The van der Waals surface area contributed by atoms with Gasteiger partial charge in [0, 0.05) is 31.3 Å². The summed E-state index contributed by atoms with van der Waals surface area (Å²) in [6.07, 6.45) is 1.56. The number of benzene rings is 1. The van der Waals surface area contributed by atoms with Crippen LogP contribution in [0.1, 0.15) is 19.1 Å². The van der Waals surface area contributed by atoms with E-state index < -0.39 is 24.4 Å². The number of nitrogens with one attached hydrogen (secondary N) is 2. The van der Waals surface area contributed by atoms with Gasteiger partial charge in [-0.15, -0.1) is 0 Å². The first-order chi connectivity index (χ1) is 13.9. The maximum absolute atomic E-state index is 12.2. The molecule has 0 aliphatic carbocycles. The van der Waals surface area contributed by atoms with E-state index in [9.17, 15) is 19.2 Å². The lowest BCUT2D eigenvalue weighted by molar-refractivity contribution is -0.151. The summed E-state index contributed by atoms with van der Waals surface area (Å²) >= 11 is 0. The second kappa shape index (κ2) is 9.05. The molecule has 0 bridgehead atoms. The summed E-state index contributed by atoms with van der Waals surface area (Å²) in [5, 5.41) is 5.20. The Kier molecular flexibility index (Phi) is 6.28. The molecule has 29 heavy (non-hydrogen) atoms. The number of hydrogen-bond donors (Lipinski definition) is 2. The van der Waals surface area contributed by atoms with Gasteiger partial charge in [0.05, 0.1) is 18.7 Å². The molecule has 0 spiro atoms. The topological polar surface area (TPSA) is 118 Å². The number of likely N-dealkylation sites (tertiary alicyclic amines) is 1. The molecule has 0 radical (unpaired) electrons. The van der Waals surface area contributed by atoms with Crippen LogP contribution in [0.3, 0.4) is 0 Å². The minimum atomic E-state index is -0.617. The number of rotatable bonds is 7. The quantitative estimate of drug-likeness (QED) is 0.685. The summed E-state index contributed by atoms with van der Waals surface area (Å²) in [7, 11) is 0. The van der Waals surface area contributed by atoms with Gasteiger partial charge in [0.15, 0.2) is 6.61 Å². The maximum atomic E-state index is 12.2. The highest BCUT2D eigenvalue weighted by atomic mass is 16.5. The van der Waals surface area contributed by atoms with Crippen LogP contribution in [0.4, 0.5) is 11.4 Å². The predicted octanol–water partition coefficient (Wildman–Crippen LogP) is 1.77. The molecule has 0 unspecified atom stereocenters. The van der Waals surface area contributed by atoms with Gasteiger partial charge in [0.1, 0.15) is 5.76 Å². The number of carbonyl (C=O) groups is 4. The van der Waals surface area contributed by atoms with Crippen LogP contribution in [-0.4, -0.2) is 41.7 Å². The Hall–Kier alpha value is -3.62. The third kappa shape index (κ3) is 5.68. The van der Waals surface area contributed by atoms with Crippen LogP contribution in [0.15, 0.2) is 47.1 Å². The van der Waals surface area contributed by atoms with Crippen molar-refractivity contribution in [2.45, 2.75) is 19.9 Å². The Morgan fingerprint density at radius 1 is 1.17 bits per heavy atom. The van der Waals surface area contributed by atoms with Crippen molar-refractivity contribution >= 4 is 35.1 Å². The van der Waals surface area contributed by atoms with Gasteiger partial charge in [0.2, 0.25) is 11.8 Å². The molecule has 1 fully saturated rings. The van der Waals surface area contributed by atoms with E-state index in [1.807, 2.05) is 0 Å². The predicted molar refractivity (Wildman–Crippen MR) is 103 cm³/mol. The smallest absolute Gasteiger partial charge is 0.311 e. The average Bonchev–Trinajstić information content (AvgIpc) is 3.30. The number of furan rings is 1. The van der Waals surface area contributed by atoms with E-state index in [2.05, 4.69) is 10.6 Å². The van der Waals surface area contributed by atoms with Crippen LogP contribution in [0.25, 0.3) is 0 Å². The van der Waals surface area contributed by atoms with Crippen molar-refractivity contribution in [3.05, 3.63) is 48.4 Å². The molecular formula is C20H21N3O6. The highest BCUT2D eigenvalue weighted by Gasteiger charge is 2.35. The zero-order valence-electron chi connectivity index (χ0n) is 15.8. The van der Waals surface area contributed by atoms with Gasteiger partial charge in [-0.3, -0.25) is 19.2 Å². The van der Waals surface area contributed by atoms with Gasteiger partial charge >= 0.3 is 5.97 Å². The molecule has 3 rings (SSSR count). The van der Waals surface area contributed by atoms with Gasteiger partial charge < -0.3 is 24.7 Å². The number of carbonyl (C=O) groups excluding carboxylic acids is 4. The Morgan fingerprint density at radius 3 is 2.62 bits per heavy atom. The molecule has 2 aromatic rings. The van der Waals surface area contributed by atoms with Crippen LogP contribution in [0, 0.1) is 5.92 Å². The Bertz CT molecular complexity index is 909. The molecule has 2 N–H and O–H groups in total. The fraction of sp³-hybridized carbons (Fsp3) is 0.300. The number of hydrogen-bond acceptors (Lipinski definition) is 6. The molecule has 1 aromatic heterocycles. The number of esters is 1. The molecule has 1 aromatic carbocycles. The van der Waals surface area contributed by atoms with Gasteiger partial charge in [-0.05, 0) is 30.3 Å². The summed E-state index contributed by atoms with van der Waals surface area (Å²) in [5.74, 6) is -1.49. The molecule has 3 amide bonds. The maximum Gasteiger partial charge on any atom is 0.311 e. The summed E-state index contributed by atoms with van der Waals surface area (Å²) in [5.41, 5.74) is 0.992. The van der Waals surface area contributed by atoms with Crippen molar-refractivity contribution < 1.29 is 28.3 Å². The van der Waals surface area contributed by atoms with Gasteiger partial charge in [-0.1, -0.05) is 6.07 Å². The third-order valence-electron chi connectivity index (χ3n) is 4.29. The summed E-state index contributed by atoms with van der Waals surface area (Å²) in [4.78, 5) is 49.0. The van der Waals surface area contributed by atoms with Gasteiger partial charge in [-0.25, -0.2) is 0 Å². The molecule has 1 aliphatic heterocycles. The van der Waals surface area contributed by atoms with E-state index in [-0.39, 0.29) is 24.8 Å². The first kappa shape index (κ1) is 20.1. The van der Waals surface area contributed by atoms with Crippen LogP contribution >= 0.6 is 0 Å². The van der Waals surface area contributed by atoms with Crippen molar-refractivity contribution in [1.82, 2.24) is 4.90 Å². The molecule has 0 saturated carbocycles. The largest absolute Gasteiger partial charge is 0.467 e. The van der Waals surface area contributed by atoms with Crippen LogP contribution in [-0.2, 0) is 30.5 Å². The molecule has 152 valence electrons. The van der Waals surface area contributed by atoms with E-state index in [1.54, 1.807) is 36.4 Å². The van der Waals surface area contributed by atoms with Gasteiger partial charge in [-0.2, -0.15) is 0 Å². The number of ether oxygens (including phenoxy) is 1. The van der Waals surface area contributed by atoms with E-state index in [1.165, 1.54) is 18.1 Å². The van der Waals surface area contributed by atoms with Crippen molar-refractivity contribution in [2.24, 2.45) is 5.92 Å². The minimum Gasteiger partial charge on any atom is -0.467 e. The number of anilines is 2. The second-order valence-corrected chi connectivity index (χ2v) is 6.67. The van der Waals surface area contributed by atoms with E-state index in [4.69, 9.17) is 9.15 Å². The minimum absolute atomic E-state index is 0.0416. The first-order valence-electron chi connectivity index (χ1n) is 9.05. The molecule has 1 saturated heterocycles. The lowest BCUT2D eigenvalue weighted by Gasteiger charge is -2.14. The second-order valence-electron chi connectivity index (χ2n) is 6.67. The third-order valence-corrected chi connectivity index (χ3v) is 4.29. The van der Waals surface area contributed by atoms with Gasteiger partial charge in [0.25, 0.3) is 5.91 Å². The lowest BCUT2D eigenvalue weighted by atomic mass is 10.1. The zero-order chi connectivity index (χ0) is 20.8. The van der Waals surface area contributed by atoms with Crippen LogP contribution in [0.2, 0.25) is 0 Å². The Labute approximate surface area is 167 Å². The van der Waals surface area contributed by atoms with E-state index >= 15 is 0 Å². The van der Waals surface area contributed by atoms with E-state index in [0.29, 0.717) is 23.7 Å². The highest BCUT2D eigenvalue weighted by molar-refractivity contribution is 5.95. The van der Waals surface area contributed by atoms with Crippen molar-refractivity contribution in [2.75, 3.05) is 23.8 Å². The molecule has 2 heterocycles.